The van der Waals surface area contributed by atoms with E-state index in [0.717, 1.165) is 16.7 Å². The minimum absolute atomic E-state index is 0.0516. The summed E-state index contributed by atoms with van der Waals surface area (Å²) in [6, 6.07) is 4.90. The molecule has 144 valence electrons. The Labute approximate surface area is 158 Å². The number of amides is 3. The molecule has 0 radical (unpaired) electrons. The van der Waals surface area contributed by atoms with E-state index in [2.05, 4.69) is 5.32 Å². The van der Waals surface area contributed by atoms with E-state index >= 15 is 0 Å². The summed E-state index contributed by atoms with van der Waals surface area (Å²) in [6.07, 6.45) is -0.243. The molecule has 0 aromatic heterocycles. The predicted octanol–water partition coefficient (Wildman–Crippen LogP) is 0.268. The van der Waals surface area contributed by atoms with Gasteiger partial charge in [0.15, 0.2) is 0 Å². The highest BCUT2D eigenvalue weighted by Gasteiger charge is 2.40. The molecule has 1 heterocycles. The highest BCUT2D eigenvalue weighted by Crippen LogP contribution is 2.30. The normalized spacial score (nSPS) is 17.7. The van der Waals surface area contributed by atoms with Crippen molar-refractivity contribution in [3.05, 3.63) is 29.8 Å². The van der Waals surface area contributed by atoms with Crippen LogP contribution in [0, 0.1) is 0 Å². The second kappa shape index (κ2) is 8.67. The Morgan fingerprint density at radius 1 is 1.22 bits per heavy atom. The SMILES string of the molecule is CC(=O)NC(CSC1CC(=O)N(c2ccc(CC(=O)O)cc2)C1=O)C(=O)O. The monoisotopic (exact) mass is 394 g/mol. The Bertz CT molecular complexity index is 778. The van der Waals surface area contributed by atoms with E-state index in [4.69, 9.17) is 10.2 Å². The van der Waals surface area contributed by atoms with Crippen molar-refractivity contribution in [3.63, 3.8) is 0 Å². The fraction of sp³-hybridized carbons (Fsp3) is 0.353. The van der Waals surface area contributed by atoms with Crippen molar-refractivity contribution in [2.75, 3.05) is 10.7 Å². The van der Waals surface area contributed by atoms with Gasteiger partial charge >= 0.3 is 11.9 Å². The van der Waals surface area contributed by atoms with Crippen molar-refractivity contribution < 1.29 is 34.2 Å². The zero-order valence-electron chi connectivity index (χ0n) is 14.4. The Morgan fingerprint density at radius 2 is 1.85 bits per heavy atom. The Hall–Kier alpha value is -2.88. The quantitative estimate of drug-likeness (QED) is 0.534. The zero-order chi connectivity index (χ0) is 20.1. The van der Waals surface area contributed by atoms with Crippen LogP contribution >= 0.6 is 11.8 Å². The van der Waals surface area contributed by atoms with Crippen LogP contribution in [0.15, 0.2) is 24.3 Å². The van der Waals surface area contributed by atoms with E-state index in [-0.39, 0.29) is 18.6 Å². The largest absolute Gasteiger partial charge is 0.481 e. The molecule has 0 aliphatic carbocycles. The predicted molar refractivity (Wildman–Crippen MR) is 96.4 cm³/mol. The number of carboxylic acids is 2. The van der Waals surface area contributed by atoms with Gasteiger partial charge in [-0.25, -0.2) is 9.69 Å². The van der Waals surface area contributed by atoms with Crippen LogP contribution in [-0.2, 0) is 30.4 Å². The van der Waals surface area contributed by atoms with Gasteiger partial charge in [-0.3, -0.25) is 19.2 Å². The first-order valence-corrected chi connectivity index (χ1v) is 9.03. The summed E-state index contributed by atoms with van der Waals surface area (Å²) in [7, 11) is 0. The molecule has 1 fully saturated rings. The maximum absolute atomic E-state index is 12.5. The van der Waals surface area contributed by atoms with Gasteiger partial charge in [0.1, 0.15) is 6.04 Å². The van der Waals surface area contributed by atoms with Gasteiger partial charge in [-0.05, 0) is 17.7 Å². The number of thioether (sulfide) groups is 1. The number of anilines is 1. The lowest BCUT2D eigenvalue weighted by Crippen LogP contribution is -2.42. The second-order valence-corrected chi connectivity index (χ2v) is 7.16. The van der Waals surface area contributed by atoms with Gasteiger partial charge < -0.3 is 15.5 Å². The van der Waals surface area contributed by atoms with Crippen LogP contribution in [0.4, 0.5) is 5.69 Å². The van der Waals surface area contributed by atoms with Crippen LogP contribution in [0.25, 0.3) is 0 Å². The standard InChI is InChI=1S/C17H18N2O7S/c1-9(20)18-12(17(25)26)8-27-13-7-14(21)19(16(13)24)11-4-2-10(3-5-11)6-15(22)23/h2-5,12-13H,6-8H2,1H3,(H,18,20)(H,22,23)(H,25,26). The number of carbonyl (C=O) groups excluding carboxylic acids is 3. The molecule has 1 aromatic carbocycles. The van der Waals surface area contributed by atoms with E-state index < -0.39 is 41.0 Å². The summed E-state index contributed by atoms with van der Waals surface area (Å²) in [4.78, 5) is 58.7. The third-order valence-electron chi connectivity index (χ3n) is 3.79. The third-order valence-corrected chi connectivity index (χ3v) is 5.09. The number of imide groups is 1. The smallest absolute Gasteiger partial charge is 0.327 e. The lowest BCUT2D eigenvalue weighted by molar-refractivity contribution is -0.140. The average molecular weight is 394 g/mol. The zero-order valence-corrected chi connectivity index (χ0v) is 15.2. The minimum Gasteiger partial charge on any atom is -0.481 e. The van der Waals surface area contributed by atoms with Gasteiger partial charge in [0, 0.05) is 19.1 Å². The number of nitrogens with one attached hydrogen (secondary N) is 1. The number of carbonyl (C=O) groups is 5. The van der Waals surface area contributed by atoms with Crippen LogP contribution in [0.3, 0.4) is 0 Å². The lowest BCUT2D eigenvalue weighted by Gasteiger charge is -2.17. The van der Waals surface area contributed by atoms with Gasteiger partial charge in [0.05, 0.1) is 17.4 Å². The van der Waals surface area contributed by atoms with Crippen LogP contribution in [0.1, 0.15) is 18.9 Å². The maximum Gasteiger partial charge on any atom is 0.327 e. The number of carboxylic acid groups (broad SMARTS) is 2. The van der Waals surface area contributed by atoms with Crippen molar-refractivity contribution in [2.24, 2.45) is 0 Å². The van der Waals surface area contributed by atoms with Gasteiger partial charge in [0.25, 0.3) is 0 Å². The summed E-state index contributed by atoms with van der Waals surface area (Å²) in [5, 5.41) is 19.4. The number of hydrogen-bond donors (Lipinski definition) is 3. The third kappa shape index (κ3) is 5.30. The van der Waals surface area contributed by atoms with E-state index in [1.807, 2.05) is 0 Å². The molecular formula is C17H18N2O7S. The fourth-order valence-electron chi connectivity index (χ4n) is 2.58. The van der Waals surface area contributed by atoms with Crippen molar-refractivity contribution in [1.82, 2.24) is 5.32 Å². The van der Waals surface area contributed by atoms with Gasteiger partial charge in [-0.2, -0.15) is 0 Å². The summed E-state index contributed by atoms with van der Waals surface area (Å²) in [5.74, 6) is -3.65. The summed E-state index contributed by atoms with van der Waals surface area (Å²) in [6.45, 7) is 1.20. The topological polar surface area (TPSA) is 141 Å². The average Bonchev–Trinajstić information content (AvgIpc) is 2.85. The van der Waals surface area contributed by atoms with E-state index in [0.29, 0.717) is 11.3 Å². The molecule has 2 rings (SSSR count). The molecule has 3 amide bonds. The van der Waals surface area contributed by atoms with Gasteiger partial charge in [-0.15, -0.1) is 11.8 Å². The molecule has 1 saturated heterocycles. The first-order chi connectivity index (χ1) is 12.7. The van der Waals surface area contributed by atoms with E-state index in [9.17, 15) is 24.0 Å². The van der Waals surface area contributed by atoms with Crippen LogP contribution in [0.2, 0.25) is 0 Å². The molecular weight excluding hydrogens is 376 g/mol. The highest BCUT2D eigenvalue weighted by atomic mass is 32.2. The second-order valence-electron chi connectivity index (χ2n) is 5.92. The molecule has 3 N–H and O–H groups in total. The molecule has 0 saturated carbocycles. The van der Waals surface area contributed by atoms with Gasteiger partial charge in [0.2, 0.25) is 17.7 Å². The molecule has 27 heavy (non-hydrogen) atoms. The van der Waals surface area contributed by atoms with Crippen LogP contribution in [-0.4, -0.2) is 56.9 Å². The number of benzene rings is 1. The van der Waals surface area contributed by atoms with Crippen molar-refractivity contribution >= 4 is 47.1 Å². The highest BCUT2D eigenvalue weighted by molar-refractivity contribution is 8.00. The number of hydrogen-bond acceptors (Lipinski definition) is 6. The summed E-state index contributed by atoms with van der Waals surface area (Å²) >= 11 is 0.999. The van der Waals surface area contributed by atoms with Crippen molar-refractivity contribution in [1.29, 1.82) is 0 Å². The molecule has 2 atom stereocenters. The Balaban J connectivity index is 2.04. The molecule has 1 aromatic rings. The summed E-state index contributed by atoms with van der Waals surface area (Å²) in [5.41, 5.74) is 0.870. The molecule has 2 unspecified atom stereocenters. The lowest BCUT2D eigenvalue weighted by atomic mass is 10.1. The Kier molecular flexibility index (Phi) is 6.56. The fourth-order valence-corrected chi connectivity index (χ4v) is 3.73. The first-order valence-electron chi connectivity index (χ1n) is 7.98. The number of nitrogens with zero attached hydrogens (tertiary/aromatic N) is 1. The van der Waals surface area contributed by atoms with Gasteiger partial charge in [-0.1, -0.05) is 12.1 Å². The number of aliphatic carboxylic acids is 2. The summed E-state index contributed by atoms with van der Waals surface area (Å²) < 4.78 is 0. The number of rotatable bonds is 8. The molecule has 10 heteroatoms. The van der Waals surface area contributed by atoms with Crippen molar-refractivity contribution in [3.8, 4) is 0 Å². The van der Waals surface area contributed by atoms with Crippen LogP contribution in [0.5, 0.6) is 0 Å². The Morgan fingerprint density at radius 3 is 2.37 bits per heavy atom. The van der Waals surface area contributed by atoms with Crippen molar-refractivity contribution in [2.45, 2.75) is 31.1 Å². The van der Waals surface area contributed by atoms with Crippen LogP contribution < -0.4 is 10.2 Å². The van der Waals surface area contributed by atoms with E-state index in [1.54, 1.807) is 0 Å². The molecule has 9 nitrogen and oxygen atoms in total. The maximum atomic E-state index is 12.5. The molecule has 1 aliphatic heterocycles. The first kappa shape index (κ1) is 20.4. The molecule has 0 bridgehead atoms. The van der Waals surface area contributed by atoms with E-state index in [1.165, 1.54) is 31.2 Å². The molecule has 0 spiro atoms. The minimum atomic E-state index is -1.22. The molecule has 1 aliphatic rings.